The minimum absolute atomic E-state index is 0.0314. The molecule has 1 aromatic rings. The van der Waals surface area contributed by atoms with Crippen LogP contribution in [0.1, 0.15) is 35.2 Å². The van der Waals surface area contributed by atoms with E-state index >= 15 is 0 Å². The first kappa shape index (κ1) is 13.5. The van der Waals surface area contributed by atoms with Gasteiger partial charge in [-0.25, -0.2) is 4.39 Å². The van der Waals surface area contributed by atoms with Gasteiger partial charge in [0.2, 0.25) is 0 Å². The van der Waals surface area contributed by atoms with Gasteiger partial charge in [-0.15, -0.1) is 0 Å². The molecule has 2 unspecified atom stereocenters. The predicted octanol–water partition coefficient (Wildman–Crippen LogP) is 2.12. The predicted molar refractivity (Wildman–Crippen MR) is 67.4 cm³/mol. The Morgan fingerprint density at radius 2 is 2.11 bits per heavy atom. The van der Waals surface area contributed by atoms with E-state index in [1.165, 1.54) is 12.1 Å². The molecule has 2 N–H and O–H groups in total. The maximum atomic E-state index is 13.6. The van der Waals surface area contributed by atoms with Crippen LogP contribution in [0.3, 0.4) is 0 Å². The number of carbonyl (C=O) groups is 2. The number of hydrogen-bond acceptors (Lipinski definition) is 2. The Hall–Kier alpha value is -1.91. The number of amides is 1. The van der Waals surface area contributed by atoms with E-state index in [9.17, 15) is 14.0 Å². The molecular formula is C14H16FNO3. The van der Waals surface area contributed by atoms with Gasteiger partial charge >= 0.3 is 5.97 Å². The molecular weight excluding hydrogens is 249 g/mol. The molecule has 2 rings (SSSR count). The van der Waals surface area contributed by atoms with Crippen LogP contribution in [0.15, 0.2) is 18.2 Å². The average molecular weight is 265 g/mol. The average Bonchev–Trinajstić information content (AvgIpc) is 2.80. The van der Waals surface area contributed by atoms with Gasteiger partial charge in [0.15, 0.2) is 0 Å². The van der Waals surface area contributed by atoms with Gasteiger partial charge < -0.3 is 10.4 Å². The monoisotopic (exact) mass is 265 g/mol. The number of nitrogens with one attached hydrogen (secondary N) is 1. The Kier molecular flexibility index (Phi) is 3.83. The van der Waals surface area contributed by atoms with Gasteiger partial charge in [0.25, 0.3) is 5.91 Å². The Morgan fingerprint density at radius 1 is 1.37 bits per heavy atom. The Morgan fingerprint density at radius 3 is 2.79 bits per heavy atom. The Labute approximate surface area is 110 Å². The van der Waals surface area contributed by atoms with Gasteiger partial charge in [0, 0.05) is 6.04 Å². The van der Waals surface area contributed by atoms with Gasteiger partial charge in [-0.05, 0) is 31.9 Å². The van der Waals surface area contributed by atoms with Crippen LogP contribution in [0.4, 0.5) is 4.39 Å². The second-order valence-corrected chi connectivity index (χ2v) is 4.94. The number of halogens is 1. The lowest BCUT2D eigenvalue weighted by Gasteiger charge is -2.17. The molecule has 2 atom stereocenters. The summed E-state index contributed by atoms with van der Waals surface area (Å²) in [5.41, 5.74) is 0.754. The van der Waals surface area contributed by atoms with E-state index in [1.807, 2.05) is 0 Å². The molecule has 1 aliphatic rings. The lowest BCUT2D eigenvalue weighted by atomic mass is 10.0. The third-order valence-electron chi connectivity index (χ3n) is 3.52. The summed E-state index contributed by atoms with van der Waals surface area (Å²) in [6.45, 7) is 1.77. The highest BCUT2D eigenvalue weighted by molar-refractivity contribution is 5.95. The molecule has 1 aliphatic carbocycles. The smallest absolute Gasteiger partial charge is 0.308 e. The quantitative estimate of drug-likeness (QED) is 0.879. The molecule has 0 heterocycles. The second-order valence-electron chi connectivity index (χ2n) is 4.94. The van der Waals surface area contributed by atoms with Crippen molar-refractivity contribution in [2.24, 2.45) is 5.92 Å². The van der Waals surface area contributed by atoms with Crippen molar-refractivity contribution in [2.75, 3.05) is 0 Å². The van der Waals surface area contributed by atoms with Crippen LogP contribution in [-0.2, 0) is 4.79 Å². The zero-order chi connectivity index (χ0) is 14.0. The van der Waals surface area contributed by atoms with Crippen LogP contribution in [0.25, 0.3) is 0 Å². The molecule has 1 amide bonds. The normalized spacial score (nSPS) is 22.2. The summed E-state index contributed by atoms with van der Waals surface area (Å²) in [5, 5.41) is 11.7. The Bertz CT molecular complexity index is 515. The Balaban J connectivity index is 2.12. The number of benzene rings is 1. The molecule has 0 aromatic heterocycles. The summed E-state index contributed by atoms with van der Waals surface area (Å²) in [6.07, 6.45) is 1.94. The maximum Gasteiger partial charge on any atom is 0.308 e. The van der Waals surface area contributed by atoms with Crippen LogP contribution in [0.5, 0.6) is 0 Å². The van der Waals surface area contributed by atoms with Gasteiger partial charge in [-0.2, -0.15) is 0 Å². The zero-order valence-corrected chi connectivity index (χ0v) is 10.6. The minimum Gasteiger partial charge on any atom is -0.481 e. The highest BCUT2D eigenvalue weighted by atomic mass is 19.1. The number of rotatable bonds is 3. The first-order valence-electron chi connectivity index (χ1n) is 6.29. The fourth-order valence-electron chi connectivity index (χ4n) is 2.49. The molecule has 0 spiro atoms. The van der Waals surface area contributed by atoms with Gasteiger partial charge in [0.05, 0.1) is 11.5 Å². The van der Waals surface area contributed by atoms with E-state index in [-0.39, 0.29) is 5.56 Å². The SMILES string of the molecule is Cc1ccc(F)c(C(=O)NC2CCCC2C(=O)O)c1. The van der Waals surface area contributed by atoms with Crippen molar-refractivity contribution >= 4 is 11.9 Å². The van der Waals surface area contributed by atoms with Crippen LogP contribution >= 0.6 is 0 Å². The number of carboxylic acid groups (broad SMARTS) is 1. The molecule has 1 saturated carbocycles. The summed E-state index contributed by atoms with van der Waals surface area (Å²) in [7, 11) is 0. The molecule has 4 nitrogen and oxygen atoms in total. The van der Waals surface area contributed by atoms with Crippen molar-refractivity contribution in [2.45, 2.75) is 32.2 Å². The molecule has 1 aromatic carbocycles. The lowest BCUT2D eigenvalue weighted by molar-refractivity contribution is -0.142. The highest BCUT2D eigenvalue weighted by Gasteiger charge is 2.34. The van der Waals surface area contributed by atoms with Crippen LogP contribution in [0.2, 0.25) is 0 Å². The van der Waals surface area contributed by atoms with Crippen LogP contribution in [0, 0.1) is 18.7 Å². The summed E-state index contributed by atoms with van der Waals surface area (Å²) in [4.78, 5) is 23.0. The molecule has 0 saturated heterocycles. The highest BCUT2D eigenvalue weighted by Crippen LogP contribution is 2.26. The number of carbonyl (C=O) groups excluding carboxylic acids is 1. The zero-order valence-electron chi connectivity index (χ0n) is 10.6. The van der Waals surface area contributed by atoms with E-state index < -0.39 is 29.7 Å². The topological polar surface area (TPSA) is 66.4 Å². The third-order valence-corrected chi connectivity index (χ3v) is 3.52. The molecule has 19 heavy (non-hydrogen) atoms. The van der Waals surface area contributed by atoms with Crippen LogP contribution < -0.4 is 5.32 Å². The summed E-state index contributed by atoms with van der Waals surface area (Å²) in [5.74, 6) is -2.61. The van der Waals surface area contributed by atoms with E-state index in [2.05, 4.69) is 5.32 Å². The summed E-state index contributed by atoms with van der Waals surface area (Å²) >= 11 is 0. The molecule has 0 bridgehead atoms. The summed E-state index contributed by atoms with van der Waals surface area (Å²) in [6, 6.07) is 3.88. The van der Waals surface area contributed by atoms with Crippen molar-refractivity contribution in [3.63, 3.8) is 0 Å². The third kappa shape index (κ3) is 2.92. The van der Waals surface area contributed by atoms with Crippen molar-refractivity contribution in [1.82, 2.24) is 5.32 Å². The molecule has 102 valence electrons. The van der Waals surface area contributed by atoms with Crippen LogP contribution in [-0.4, -0.2) is 23.0 Å². The van der Waals surface area contributed by atoms with Crippen molar-refractivity contribution in [1.29, 1.82) is 0 Å². The molecule has 0 radical (unpaired) electrons. The van der Waals surface area contributed by atoms with E-state index in [4.69, 9.17) is 5.11 Å². The van der Waals surface area contributed by atoms with Gasteiger partial charge in [-0.3, -0.25) is 9.59 Å². The number of hydrogen-bond donors (Lipinski definition) is 2. The molecule has 1 fully saturated rings. The molecule has 0 aliphatic heterocycles. The number of aryl methyl sites for hydroxylation is 1. The van der Waals surface area contributed by atoms with Crippen molar-refractivity contribution in [3.05, 3.63) is 35.1 Å². The fraction of sp³-hybridized carbons (Fsp3) is 0.429. The van der Waals surface area contributed by atoms with Gasteiger partial charge in [0.1, 0.15) is 5.82 Å². The standard InChI is InChI=1S/C14H16FNO3/c1-8-5-6-11(15)10(7-8)13(17)16-12-4-2-3-9(12)14(18)19/h5-7,9,12H,2-4H2,1H3,(H,16,17)(H,18,19). The van der Waals surface area contributed by atoms with Crippen molar-refractivity contribution < 1.29 is 19.1 Å². The minimum atomic E-state index is -0.910. The van der Waals surface area contributed by atoms with E-state index in [1.54, 1.807) is 13.0 Å². The first-order chi connectivity index (χ1) is 8.99. The van der Waals surface area contributed by atoms with Crippen molar-refractivity contribution in [3.8, 4) is 0 Å². The number of carboxylic acids is 1. The van der Waals surface area contributed by atoms with Gasteiger partial charge in [-0.1, -0.05) is 18.1 Å². The molecule has 5 heteroatoms. The van der Waals surface area contributed by atoms with E-state index in [0.29, 0.717) is 12.8 Å². The summed E-state index contributed by atoms with van der Waals surface area (Å²) < 4.78 is 13.6. The second kappa shape index (κ2) is 5.38. The largest absolute Gasteiger partial charge is 0.481 e. The number of aliphatic carboxylic acids is 1. The lowest BCUT2D eigenvalue weighted by Crippen LogP contribution is -2.40. The first-order valence-corrected chi connectivity index (χ1v) is 6.29. The maximum absolute atomic E-state index is 13.6. The van der Waals surface area contributed by atoms with E-state index in [0.717, 1.165) is 12.0 Å². The fourth-order valence-corrected chi connectivity index (χ4v) is 2.49.